The number of nitrogens with one attached hydrogen (secondary N) is 1. The smallest absolute Gasteiger partial charge is 0.0309 e. The summed E-state index contributed by atoms with van der Waals surface area (Å²) in [7, 11) is 0. The zero-order valence-corrected chi connectivity index (χ0v) is 13.6. The molecule has 0 radical (unpaired) electrons. The molecule has 20 heavy (non-hydrogen) atoms. The summed E-state index contributed by atoms with van der Waals surface area (Å²) in [4.78, 5) is 2.67. The molecule has 1 heterocycles. The van der Waals surface area contributed by atoms with Crippen LogP contribution >= 0.6 is 0 Å². The minimum Gasteiger partial charge on any atom is -0.312 e. The molecule has 1 fully saturated rings. The molecular weight excluding hydrogens is 244 g/mol. The summed E-state index contributed by atoms with van der Waals surface area (Å²) in [6.45, 7) is 12.8. The molecule has 2 rings (SSSR count). The molecule has 2 heteroatoms. The van der Waals surface area contributed by atoms with E-state index in [1.165, 1.54) is 37.1 Å². The molecule has 0 amide bonds. The Balaban J connectivity index is 2.15. The maximum absolute atomic E-state index is 3.73. The summed E-state index contributed by atoms with van der Waals surface area (Å²) < 4.78 is 0. The van der Waals surface area contributed by atoms with Crippen LogP contribution in [0.3, 0.4) is 0 Å². The Morgan fingerprint density at radius 3 is 2.45 bits per heavy atom. The molecule has 1 N–H and O–H groups in total. The SMILES string of the molecule is CCNC(Cc1ccccc1C)C(C)(C)N1CCCC1. The van der Waals surface area contributed by atoms with E-state index in [0.29, 0.717) is 6.04 Å². The molecule has 1 aromatic carbocycles. The van der Waals surface area contributed by atoms with E-state index in [4.69, 9.17) is 0 Å². The highest BCUT2D eigenvalue weighted by Gasteiger charge is 2.36. The standard InChI is InChI=1S/C18H30N2/c1-5-19-17(14-16-11-7-6-10-15(16)2)18(3,4)20-12-8-9-13-20/h6-7,10-11,17,19H,5,8-9,12-14H2,1-4H3. The van der Waals surface area contributed by atoms with Gasteiger partial charge in [0.25, 0.3) is 0 Å². The minimum atomic E-state index is 0.217. The van der Waals surface area contributed by atoms with Gasteiger partial charge < -0.3 is 5.32 Å². The monoisotopic (exact) mass is 274 g/mol. The van der Waals surface area contributed by atoms with Crippen molar-refractivity contribution < 1.29 is 0 Å². The van der Waals surface area contributed by atoms with Gasteiger partial charge in [0, 0.05) is 11.6 Å². The molecule has 0 aromatic heterocycles. The maximum atomic E-state index is 3.73. The zero-order chi connectivity index (χ0) is 14.6. The lowest BCUT2D eigenvalue weighted by molar-refractivity contribution is 0.107. The lowest BCUT2D eigenvalue weighted by Gasteiger charge is -2.43. The van der Waals surface area contributed by atoms with Crippen LogP contribution in [0.5, 0.6) is 0 Å². The van der Waals surface area contributed by atoms with Crippen LogP contribution < -0.4 is 5.32 Å². The third-order valence-corrected chi connectivity index (χ3v) is 4.91. The van der Waals surface area contributed by atoms with Crippen LogP contribution in [0.1, 0.15) is 44.7 Å². The van der Waals surface area contributed by atoms with E-state index in [1.807, 2.05) is 0 Å². The number of likely N-dealkylation sites (tertiary alicyclic amines) is 1. The van der Waals surface area contributed by atoms with E-state index in [2.05, 4.69) is 62.2 Å². The second kappa shape index (κ2) is 6.73. The van der Waals surface area contributed by atoms with Crippen molar-refractivity contribution in [2.24, 2.45) is 0 Å². The Hall–Kier alpha value is -0.860. The second-order valence-electron chi connectivity index (χ2n) is 6.59. The van der Waals surface area contributed by atoms with Gasteiger partial charge in [0.15, 0.2) is 0 Å². The highest BCUT2D eigenvalue weighted by Crippen LogP contribution is 2.27. The lowest BCUT2D eigenvalue weighted by Crippen LogP contribution is -2.57. The highest BCUT2D eigenvalue weighted by atomic mass is 15.2. The Morgan fingerprint density at radius 1 is 1.20 bits per heavy atom. The molecule has 1 unspecified atom stereocenters. The van der Waals surface area contributed by atoms with E-state index in [9.17, 15) is 0 Å². The molecule has 1 atom stereocenters. The summed E-state index contributed by atoms with van der Waals surface area (Å²) in [5, 5.41) is 3.73. The number of benzene rings is 1. The molecule has 0 spiro atoms. The van der Waals surface area contributed by atoms with Gasteiger partial charge in [-0.05, 0) is 70.8 Å². The van der Waals surface area contributed by atoms with Gasteiger partial charge in [-0.15, -0.1) is 0 Å². The van der Waals surface area contributed by atoms with E-state index >= 15 is 0 Å². The van der Waals surface area contributed by atoms with Crippen LogP contribution in [0.4, 0.5) is 0 Å². The van der Waals surface area contributed by atoms with Gasteiger partial charge in [-0.25, -0.2) is 0 Å². The fraction of sp³-hybridized carbons (Fsp3) is 0.667. The van der Waals surface area contributed by atoms with Crippen LogP contribution in [0.25, 0.3) is 0 Å². The number of likely N-dealkylation sites (N-methyl/N-ethyl adjacent to an activating group) is 1. The van der Waals surface area contributed by atoms with E-state index in [1.54, 1.807) is 0 Å². The van der Waals surface area contributed by atoms with Crippen LogP contribution in [0, 0.1) is 6.92 Å². The van der Waals surface area contributed by atoms with Crippen molar-refractivity contribution in [3.05, 3.63) is 35.4 Å². The normalized spacial score (nSPS) is 18.4. The Bertz CT molecular complexity index is 419. The lowest BCUT2D eigenvalue weighted by atomic mass is 9.86. The first-order valence-corrected chi connectivity index (χ1v) is 8.08. The molecule has 1 aliphatic heterocycles. The van der Waals surface area contributed by atoms with Gasteiger partial charge in [0.2, 0.25) is 0 Å². The third-order valence-electron chi connectivity index (χ3n) is 4.91. The second-order valence-corrected chi connectivity index (χ2v) is 6.59. The Kier molecular flexibility index (Phi) is 5.22. The first kappa shape index (κ1) is 15.5. The predicted molar refractivity (Wildman–Crippen MR) is 87.2 cm³/mol. The minimum absolute atomic E-state index is 0.217. The van der Waals surface area contributed by atoms with Crippen molar-refractivity contribution in [2.45, 2.75) is 58.5 Å². The molecule has 0 aliphatic carbocycles. The third kappa shape index (κ3) is 3.42. The first-order chi connectivity index (χ1) is 9.55. The molecule has 112 valence electrons. The number of rotatable bonds is 6. The van der Waals surface area contributed by atoms with Crippen molar-refractivity contribution in [1.29, 1.82) is 0 Å². The highest BCUT2D eigenvalue weighted by molar-refractivity contribution is 5.27. The average molecular weight is 274 g/mol. The number of hydrogen-bond acceptors (Lipinski definition) is 2. The summed E-state index contributed by atoms with van der Waals surface area (Å²) >= 11 is 0. The molecule has 1 saturated heterocycles. The van der Waals surface area contributed by atoms with Crippen LogP contribution in [0.15, 0.2) is 24.3 Å². The zero-order valence-electron chi connectivity index (χ0n) is 13.6. The number of hydrogen-bond donors (Lipinski definition) is 1. The Labute approximate surface area is 124 Å². The van der Waals surface area contributed by atoms with Gasteiger partial charge in [0.05, 0.1) is 0 Å². The Morgan fingerprint density at radius 2 is 1.85 bits per heavy atom. The van der Waals surface area contributed by atoms with E-state index in [0.717, 1.165) is 13.0 Å². The molecule has 0 bridgehead atoms. The summed E-state index contributed by atoms with van der Waals surface area (Å²) in [6.07, 6.45) is 3.82. The summed E-state index contributed by atoms with van der Waals surface area (Å²) in [6, 6.07) is 9.30. The fourth-order valence-electron chi connectivity index (χ4n) is 3.39. The van der Waals surface area contributed by atoms with Crippen molar-refractivity contribution in [2.75, 3.05) is 19.6 Å². The largest absolute Gasteiger partial charge is 0.312 e. The van der Waals surface area contributed by atoms with E-state index < -0.39 is 0 Å². The molecular formula is C18H30N2. The number of aryl methyl sites for hydroxylation is 1. The molecule has 2 nitrogen and oxygen atoms in total. The van der Waals surface area contributed by atoms with Crippen LogP contribution in [0.2, 0.25) is 0 Å². The molecule has 1 aromatic rings. The summed E-state index contributed by atoms with van der Waals surface area (Å²) in [5.41, 5.74) is 3.10. The van der Waals surface area contributed by atoms with Crippen LogP contribution in [-0.4, -0.2) is 36.1 Å². The van der Waals surface area contributed by atoms with Gasteiger partial charge in [-0.3, -0.25) is 4.90 Å². The van der Waals surface area contributed by atoms with Crippen LogP contribution in [-0.2, 0) is 6.42 Å². The van der Waals surface area contributed by atoms with Gasteiger partial charge in [0.1, 0.15) is 0 Å². The average Bonchev–Trinajstić information content (AvgIpc) is 2.95. The molecule has 1 aliphatic rings. The number of nitrogens with zero attached hydrogens (tertiary/aromatic N) is 1. The van der Waals surface area contributed by atoms with Gasteiger partial charge >= 0.3 is 0 Å². The van der Waals surface area contributed by atoms with Gasteiger partial charge in [-0.2, -0.15) is 0 Å². The summed E-state index contributed by atoms with van der Waals surface area (Å²) in [5.74, 6) is 0. The first-order valence-electron chi connectivity index (χ1n) is 8.08. The maximum Gasteiger partial charge on any atom is 0.0309 e. The quantitative estimate of drug-likeness (QED) is 0.855. The topological polar surface area (TPSA) is 15.3 Å². The van der Waals surface area contributed by atoms with Crippen molar-refractivity contribution in [3.8, 4) is 0 Å². The van der Waals surface area contributed by atoms with Crippen molar-refractivity contribution >= 4 is 0 Å². The van der Waals surface area contributed by atoms with Crippen molar-refractivity contribution in [1.82, 2.24) is 10.2 Å². The molecule has 0 saturated carbocycles. The van der Waals surface area contributed by atoms with E-state index in [-0.39, 0.29) is 5.54 Å². The van der Waals surface area contributed by atoms with Gasteiger partial charge in [-0.1, -0.05) is 31.2 Å². The van der Waals surface area contributed by atoms with Crippen molar-refractivity contribution in [3.63, 3.8) is 0 Å². The fourth-order valence-corrected chi connectivity index (χ4v) is 3.39. The predicted octanol–water partition coefficient (Wildman–Crippen LogP) is 3.39.